The molecule has 0 fully saturated rings. The Morgan fingerprint density at radius 2 is 0.580 bits per heavy atom. The number of amides is 11. The van der Waals surface area contributed by atoms with E-state index in [9.17, 15) is 52.7 Å². The Morgan fingerprint density at radius 1 is 0.330 bits per heavy atom. The summed E-state index contributed by atoms with van der Waals surface area (Å²) in [6.07, 6.45) is 8.08. The second-order valence-corrected chi connectivity index (χ2v) is 28.8. The van der Waals surface area contributed by atoms with Gasteiger partial charge in [-0.3, -0.25) is 52.7 Å². The monoisotopic (exact) mass is 1410 g/mol. The Bertz CT molecular complexity index is 2830. The van der Waals surface area contributed by atoms with Crippen LogP contribution in [0, 0.1) is 29.6 Å². The minimum atomic E-state index is -1.26. The van der Waals surface area contributed by atoms with Crippen LogP contribution in [0.15, 0.2) is 30.5 Å². The molecular formula is C71H128N18O11. The van der Waals surface area contributed by atoms with Gasteiger partial charge in [0.25, 0.3) is 0 Å². The maximum atomic E-state index is 14.7. The van der Waals surface area contributed by atoms with Crippen LogP contribution < -0.4 is 93.3 Å². The van der Waals surface area contributed by atoms with Gasteiger partial charge in [0.1, 0.15) is 60.4 Å². The molecule has 0 radical (unpaired) electrons. The second-order valence-electron chi connectivity index (χ2n) is 28.8. The van der Waals surface area contributed by atoms with Crippen LogP contribution in [0.4, 0.5) is 0 Å². The lowest BCUT2D eigenvalue weighted by Crippen LogP contribution is -2.61. The van der Waals surface area contributed by atoms with Crippen LogP contribution in [0.25, 0.3) is 10.9 Å². The van der Waals surface area contributed by atoms with Crippen molar-refractivity contribution in [2.45, 2.75) is 271 Å². The van der Waals surface area contributed by atoms with Gasteiger partial charge >= 0.3 is 0 Å². The van der Waals surface area contributed by atoms with Crippen molar-refractivity contribution in [2.24, 2.45) is 69.7 Å². The van der Waals surface area contributed by atoms with E-state index in [1.165, 1.54) is 0 Å². The summed E-state index contributed by atoms with van der Waals surface area (Å²) in [5.74, 6) is -8.10. The first-order valence-electron chi connectivity index (χ1n) is 36.5. The molecule has 0 bridgehead atoms. The summed E-state index contributed by atoms with van der Waals surface area (Å²) in [4.78, 5) is 160. The van der Waals surface area contributed by atoms with Gasteiger partial charge in [-0.05, 0) is 196 Å². The first kappa shape index (κ1) is 88.8. The highest BCUT2D eigenvalue weighted by Crippen LogP contribution is 2.21. The van der Waals surface area contributed by atoms with Crippen molar-refractivity contribution in [1.29, 1.82) is 0 Å². The zero-order chi connectivity index (χ0) is 75.0. The zero-order valence-corrected chi connectivity index (χ0v) is 61.5. The van der Waals surface area contributed by atoms with Gasteiger partial charge in [-0.1, -0.05) is 93.9 Å². The van der Waals surface area contributed by atoms with E-state index in [1.54, 1.807) is 6.20 Å². The molecule has 1 heterocycles. The molecule has 0 aliphatic rings. The second kappa shape index (κ2) is 48.5. The summed E-state index contributed by atoms with van der Waals surface area (Å²) in [5, 5.41) is 29.1. The Hall–Kier alpha value is -7.31. The van der Waals surface area contributed by atoms with Gasteiger partial charge in [0.05, 0.1) is 6.04 Å². The number of para-hydroxylation sites is 1. The Kier molecular flexibility index (Phi) is 43.1. The maximum absolute atomic E-state index is 14.7. The molecule has 0 aliphatic carbocycles. The molecule has 0 unspecified atom stereocenters. The summed E-state index contributed by atoms with van der Waals surface area (Å²) in [6.45, 7) is 20.2. The Balaban J connectivity index is 2.53. The number of fused-ring (bicyclic) bond motifs is 1. The number of carbonyl (C=O) groups excluding carboxylic acids is 11. The van der Waals surface area contributed by atoms with Crippen molar-refractivity contribution in [3.63, 3.8) is 0 Å². The zero-order valence-electron chi connectivity index (χ0n) is 61.5. The number of H-pyrrole nitrogens is 1. The molecule has 100 heavy (non-hydrogen) atoms. The number of carbonyl (C=O) groups is 11. The van der Waals surface area contributed by atoms with Gasteiger partial charge in [0, 0.05) is 23.5 Å². The third-order valence-corrected chi connectivity index (χ3v) is 17.1. The summed E-state index contributed by atoms with van der Waals surface area (Å²) in [7, 11) is 0. The molecule has 25 N–H and O–H groups in total. The Labute approximate surface area is 593 Å². The van der Waals surface area contributed by atoms with Gasteiger partial charge in [0.15, 0.2) is 0 Å². The van der Waals surface area contributed by atoms with Crippen LogP contribution in [0.3, 0.4) is 0 Å². The van der Waals surface area contributed by atoms with Crippen LogP contribution in [0.5, 0.6) is 0 Å². The summed E-state index contributed by atoms with van der Waals surface area (Å²) in [5.41, 5.74) is 42.7. The number of aromatic amines is 1. The SMILES string of the molecule is CC(C)C[C@H](NC(=O)[C@H](CC(C)C)NC(=O)[C@H](CCCCN)NC(=O)[C@H](CCCCN)NC(=O)[C@H](CC(C)C)NC(=O)[C@H](CC(C)C)NC(=O)[C@H](CCCCN)NC(=O)[C@H](CCCCN)NC(=O)[C@H](CC(C)C)NC(=O)[C@H](Cc1c[nH]c2ccccc12)NC(=O)[C@@H](N)CCCCN)C(N)=O. The number of benzene rings is 1. The molecule has 0 saturated heterocycles. The first-order valence-corrected chi connectivity index (χ1v) is 36.5. The van der Waals surface area contributed by atoms with Crippen LogP contribution in [0.1, 0.15) is 203 Å². The number of hydrogen-bond acceptors (Lipinski definition) is 17. The number of aromatic nitrogens is 1. The van der Waals surface area contributed by atoms with Gasteiger partial charge in [0.2, 0.25) is 65.0 Å². The van der Waals surface area contributed by atoms with Gasteiger partial charge in [-0.15, -0.1) is 0 Å². The van der Waals surface area contributed by atoms with E-state index in [2.05, 4.69) is 58.2 Å². The number of rotatable bonds is 53. The first-order chi connectivity index (χ1) is 47.4. The predicted octanol–water partition coefficient (Wildman–Crippen LogP) is 1.25. The number of nitrogens with two attached hydrogens (primary N) is 7. The van der Waals surface area contributed by atoms with Crippen LogP contribution >= 0.6 is 0 Å². The molecule has 1 aromatic heterocycles. The molecule has 0 aliphatic heterocycles. The number of nitrogens with one attached hydrogen (secondary N) is 11. The average Bonchev–Trinajstić information content (AvgIpc) is 1.64. The molecule has 29 nitrogen and oxygen atoms in total. The minimum Gasteiger partial charge on any atom is -0.368 e. The fourth-order valence-corrected chi connectivity index (χ4v) is 11.7. The molecule has 29 heteroatoms. The molecule has 0 saturated carbocycles. The van der Waals surface area contributed by atoms with E-state index in [0.29, 0.717) is 83.7 Å². The van der Waals surface area contributed by atoms with Crippen molar-refractivity contribution < 1.29 is 52.7 Å². The van der Waals surface area contributed by atoms with E-state index in [-0.39, 0.29) is 113 Å². The minimum absolute atomic E-state index is 0.0160. The molecule has 2 rings (SSSR count). The third kappa shape index (κ3) is 34.4. The lowest BCUT2D eigenvalue weighted by atomic mass is 9.98. The summed E-state index contributed by atoms with van der Waals surface area (Å²) < 4.78 is 0. The molecule has 0 spiro atoms. The van der Waals surface area contributed by atoms with Crippen LogP contribution in [0.2, 0.25) is 0 Å². The van der Waals surface area contributed by atoms with Crippen molar-refractivity contribution in [3.05, 3.63) is 36.0 Å². The molecule has 568 valence electrons. The smallest absolute Gasteiger partial charge is 0.243 e. The largest absolute Gasteiger partial charge is 0.368 e. The van der Waals surface area contributed by atoms with Crippen molar-refractivity contribution in [3.8, 4) is 0 Å². The fourth-order valence-electron chi connectivity index (χ4n) is 11.7. The number of unbranched alkanes of at least 4 members (excludes halogenated alkanes) is 5. The van der Waals surface area contributed by atoms with E-state index in [1.807, 2.05) is 93.5 Å². The number of hydrogen-bond donors (Lipinski definition) is 18. The van der Waals surface area contributed by atoms with E-state index < -0.39 is 131 Å². The van der Waals surface area contributed by atoms with E-state index in [4.69, 9.17) is 40.1 Å². The lowest BCUT2D eigenvalue weighted by Gasteiger charge is -2.29. The van der Waals surface area contributed by atoms with Gasteiger partial charge in [-0.25, -0.2) is 0 Å². The quantitative estimate of drug-likeness (QED) is 0.0414. The topological polar surface area (TPSA) is 506 Å². The highest BCUT2D eigenvalue weighted by Gasteiger charge is 2.37. The molecular weight excluding hydrogens is 1280 g/mol. The molecule has 2 aromatic rings. The molecule has 11 amide bonds. The summed E-state index contributed by atoms with van der Waals surface area (Å²) in [6, 6.07) is -5.32. The third-order valence-electron chi connectivity index (χ3n) is 17.1. The molecule has 1 aromatic carbocycles. The van der Waals surface area contributed by atoms with E-state index in [0.717, 1.165) is 16.5 Å². The van der Waals surface area contributed by atoms with Crippen molar-refractivity contribution >= 4 is 75.9 Å². The van der Waals surface area contributed by atoms with Crippen molar-refractivity contribution in [1.82, 2.24) is 58.2 Å². The normalized spacial score (nSPS) is 14.9. The predicted molar refractivity (Wildman–Crippen MR) is 390 cm³/mol. The lowest BCUT2D eigenvalue weighted by molar-refractivity contribution is -0.136. The van der Waals surface area contributed by atoms with Gasteiger partial charge in [-0.2, -0.15) is 0 Å². The van der Waals surface area contributed by atoms with Crippen molar-refractivity contribution in [2.75, 3.05) is 32.7 Å². The highest BCUT2D eigenvalue weighted by atomic mass is 16.2. The van der Waals surface area contributed by atoms with Gasteiger partial charge < -0.3 is 98.3 Å². The Morgan fingerprint density at radius 3 is 0.880 bits per heavy atom. The van der Waals surface area contributed by atoms with E-state index >= 15 is 0 Å². The highest BCUT2D eigenvalue weighted by molar-refractivity contribution is 5.99. The van der Waals surface area contributed by atoms with Crippen LogP contribution in [-0.4, -0.2) is 169 Å². The standard InChI is InChI=1S/C71H128N18O11/c1-42(2)35-55(61(78)90)84-69(98)58(38-45(7)8)86-65(94)53(28-16-21-33-75)80-63(92)51(26-14-19-31-73)82-67(96)56(36-43(3)4)88-70(99)59(39-46(9)10)87-66(95)54(29-17-22-34-76)81-64(93)52(27-15-20-32-74)83-68(97)57(37-44(5)6)89-71(100)60(85-62(91)49(77)24-13-18-30-72)40-47-41-79-50-25-12-11-23-48(47)50/h11-12,23,25,41-46,49,51-60,79H,13-22,24,26-40,72-77H2,1-10H3,(H2,78,90)(H,80,92)(H,81,93)(H,82,96)(H,83,97)(H,84,98)(H,85,91)(H,86,94)(H,87,95)(H,88,99)(H,89,100)/t49-,51-,52-,53-,54-,55-,56-,57-,58-,59-,60-/m0/s1. The van der Waals surface area contributed by atoms with Crippen LogP contribution in [-0.2, 0) is 59.2 Å². The number of primary amides is 1. The average molecular weight is 1410 g/mol. The summed E-state index contributed by atoms with van der Waals surface area (Å²) >= 11 is 0. The fraction of sp³-hybridized carbons (Fsp3) is 0.732. The maximum Gasteiger partial charge on any atom is 0.243 e. The molecule has 11 atom stereocenters.